The number of hydrogen-bond donors (Lipinski definition) is 0. The van der Waals surface area contributed by atoms with Crippen LogP contribution in [0.2, 0.25) is 0 Å². The quantitative estimate of drug-likeness (QED) is 0.194. The lowest BCUT2D eigenvalue weighted by Crippen LogP contribution is -2.28. The zero-order valence-electron chi connectivity index (χ0n) is 26.0. The van der Waals surface area contributed by atoms with Crippen molar-refractivity contribution in [3.63, 3.8) is 0 Å². The summed E-state index contributed by atoms with van der Waals surface area (Å²) >= 11 is 1.87. The fourth-order valence-electron chi connectivity index (χ4n) is 7.86. The molecule has 9 aromatic rings. The first-order valence-electron chi connectivity index (χ1n) is 16.3. The molecule has 0 spiro atoms. The van der Waals surface area contributed by atoms with Gasteiger partial charge >= 0.3 is 0 Å². The molecule has 0 saturated heterocycles. The summed E-state index contributed by atoms with van der Waals surface area (Å²) in [6.45, 7) is 0. The zero-order valence-corrected chi connectivity index (χ0v) is 26.8. The molecule has 0 atom stereocenters. The molecule has 0 aliphatic heterocycles. The van der Waals surface area contributed by atoms with Gasteiger partial charge in [0.25, 0.3) is 0 Å². The second-order valence-corrected chi connectivity index (χ2v) is 13.6. The maximum Gasteiger partial charge on any atom is 0.0973 e. The monoisotopic (exact) mass is 628 g/mol. The molecule has 0 saturated carbocycles. The molecular weight excluding hydrogens is 601 g/mol. The smallest absolute Gasteiger partial charge is 0.0973 e. The van der Waals surface area contributed by atoms with Crippen LogP contribution < -0.4 is 0 Å². The van der Waals surface area contributed by atoms with Gasteiger partial charge in [-0.2, -0.15) is 0 Å². The lowest BCUT2D eigenvalue weighted by molar-refractivity contribution is 0.770. The van der Waals surface area contributed by atoms with Crippen molar-refractivity contribution < 1.29 is 0 Å². The van der Waals surface area contributed by atoms with Crippen LogP contribution in [0.5, 0.6) is 0 Å². The summed E-state index contributed by atoms with van der Waals surface area (Å²) in [5.74, 6) is 0. The van der Waals surface area contributed by atoms with Crippen LogP contribution in [0.3, 0.4) is 0 Å². The maximum absolute atomic E-state index is 5.19. The third-order valence-electron chi connectivity index (χ3n) is 9.97. The highest BCUT2D eigenvalue weighted by Gasteiger charge is 2.46. The fourth-order valence-corrected chi connectivity index (χ4v) is 8.95. The van der Waals surface area contributed by atoms with E-state index in [0.29, 0.717) is 0 Å². The molecule has 0 amide bonds. The summed E-state index contributed by atoms with van der Waals surface area (Å²) in [4.78, 5) is 10.3. The molecule has 7 aromatic carbocycles. The summed E-state index contributed by atoms with van der Waals surface area (Å²) in [5, 5.41) is 2.62. The predicted octanol–water partition coefficient (Wildman–Crippen LogP) is 11.7. The minimum Gasteiger partial charge on any atom is -0.244 e. The fraction of sp³-hybridized carbons (Fsp3) is 0.0222. The van der Waals surface area contributed by atoms with E-state index in [1.807, 2.05) is 41.7 Å². The summed E-state index contributed by atoms with van der Waals surface area (Å²) in [6, 6.07) is 61.4. The highest BCUT2D eigenvalue weighted by Crippen LogP contribution is 2.56. The molecular formula is C45H28N2S. The maximum atomic E-state index is 5.19. The van der Waals surface area contributed by atoms with E-state index in [4.69, 9.17) is 9.97 Å². The average Bonchev–Trinajstić information content (AvgIpc) is 3.68. The van der Waals surface area contributed by atoms with E-state index in [9.17, 15) is 0 Å². The second-order valence-electron chi connectivity index (χ2n) is 12.5. The van der Waals surface area contributed by atoms with Crippen molar-refractivity contribution in [3.05, 3.63) is 192 Å². The molecule has 48 heavy (non-hydrogen) atoms. The first-order valence-corrected chi connectivity index (χ1v) is 17.1. The Kier molecular flexibility index (Phi) is 5.99. The zero-order chi connectivity index (χ0) is 31.7. The standard InChI is InChI=1S/C45H28N2S/c1-2-12-29(13-3-1)43-44(47-40-20-10-9-19-39(40)46-43)30-22-24-31(25-23-30)45(37-17-7-4-14-33(37)34-15-5-8-18-38(34)45)32-26-27-42-36(28-32)35-16-6-11-21-41(35)48-42/h1-28H. The summed E-state index contributed by atoms with van der Waals surface area (Å²) < 4.78 is 2.63. The number of thiophene rings is 1. The number of benzene rings is 7. The Morgan fingerprint density at radius 1 is 0.396 bits per heavy atom. The van der Waals surface area contributed by atoms with Gasteiger partial charge < -0.3 is 0 Å². The van der Waals surface area contributed by atoms with Gasteiger partial charge in [0.2, 0.25) is 0 Å². The minimum atomic E-state index is -0.486. The normalized spacial score (nSPS) is 13.2. The highest BCUT2D eigenvalue weighted by molar-refractivity contribution is 7.25. The van der Waals surface area contributed by atoms with E-state index in [2.05, 4.69) is 140 Å². The summed E-state index contributed by atoms with van der Waals surface area (Å²) in [5.41, 5.74) is 12.9. The van der Waals surface area contributed by atoms with Crippen molar-refractivity contribution in [1.82, 2.24) is 9.97 Å². The Labute approximate surface area is 282 Å². The van der Waals surface area contributed by atoms with Crippen molar-refractivity contribution in [2.45, 2.75) is 5.41 Å². The topological polar surface area (TPSA) is 25.8 Å². The molecule has 0 radical (unpaired) electrons. The van der Waals surface area contributed by atoms with Crippen LogP contribution in [0.15, 0.2) is 170 Å². The highest BCUT2D eigenvalue weighted by atomic mass is 32.1. The van der Waals surface area contributed by atoms with Crippen LogP contribution in [0.4, 0.5) is 0 Å². The van der Waals surface area contributed by atoms with E-state index in [0.717, 1.165) is 33.5 Å². The van der Waals surface area contributed by atoms with Crippen LogP contribution in [-0.2, 0) is 5.41 Å². The Balaban J connectivity index is 1.23. The van der Waals surface area contributed by atoms with Crippen molar-refractivity contribution in [1.29, 1.82) is 0 Å². The third-order valence-corrected chi connectivity index (χ3v) is 11.1. The molecule has 2 aromatic heterocycles. The van der Waals surface area contributed by atoms with E-state index >= 15 is 0 Å². The van der Waals surface area contributed by atoms with E-state index in [-0.39, 0.29) is 0 Å². The number of para-hydroxylation sites is 2. The van der Waals surface area contributed by atoms with Crippen LogP contribution >= 0.6 is 11.3 Å². The Hall–Kier alpha value is -5.90. The molecule has 0 fully saturated rings. The van der Waals surface area contributed by atoms with Crippen molar-refractivity contribution in [3.8, 4) is 33.6 Å². The van der Waals surface area contributed by atoms with E-state index in [1.165, 1.54) is 53.6 Å². The number of fused-ring (bicyclic) bond motifs is 7. The van der Waals surface area contributed by atoms with Crippen LogP contribution in [0, 0.1) is 0 Å². The first-order chi connectivity index (χ1) is 23.8. The number of rotatable bonds is 4. The number of aromatic nitrogens is 2. The SMILES string of the molecule is c1ccc(-c2nc3ccccc3nc2-c2ccc(C3(c4ccc5sc6ccccc6c5c4)c4ccccc4-c4ccccc43)cc2)cc1. The molecule has 10 rings (SSSR count). The molecule has 0 bridgehead atoms. The summed E-state index contributed by atoms with van der Waals surface area (Å²) in [6.07, 6.45) is 0. The Morgan fingerprint density at radius 3 is 1.60 bits per heavy atom. The molecule has 0 unspecified atom stereocenters. The van der Waals surface area contributed by atoms with Crippen LogP contribution in [0.1, 0.15) is 22.3 Å². The lowest BCUT2D eigenvalue weighted by Gasteiger charge is -2.34. The first kappa shape index (κ1) is 27.2. The third kappa shape index (κ3) is 3.92. The van der Waals surface area contributed by atoms with Gasteiger partial charge in [-0.05, 0) is 63.7 Å². The molecule has 3 heteroatoms. The largest absolute Gasteiger partial charge is 0.244 e. The van der Waals surface area contributed by atoms with Gasteiger partial charge in [0, 0.05) is 31.3 Å². The lowest BCUT2D eigenvalue weighted by atomic mass is 9.67. The van der Waals surface area contributed by atoms with Gasteiger partial charge in [0.05, 0.1) is 27.8 Å². The molecule has 1 aliphatic rings. The van der Waals surface area contributed by atoms with Gasteiger partial charge in [-0.15, -0.1) is 11.3 Å². The number of nitrogens with zero attached hydrogens (tertiary/aromatic N) is 2. The second kappa shape index (κ2) is 10.6. The molecule has 2 nitrogen and oxygen atoms in total. The van der Waals surface area contributed by atoms with Gasteiger partial charge in [0.15, 0.2) is 0 Å². The van der Waals surface area contributed by atoms with Crippen molar-refractivity contribution >= 4 is 42.5 Å². The average molecular weight is 629 g/mol. The molecule has 0 N–H and O–H groups in total. The van der Waals surface area contributed by atoms with Gasteiger partial charge in [-0.25, -0.2) is 9.97 Å². The Morgan fingerprint density at radius 2 is 0.917 bits per heavy atom. The van der Waals surface area contributed by atoms with Crippen LogP contribution in [0.25, 0.3) is 64.8 Å². The molecule has 1 aliphatic carbocycles. The van der Waals surface area contributed by atoms with E-state index < -0.39 is 5.41 Å². The predicted molar refractivity (Wildman–Crippen MR) is 201 cm³/mol. The van der Waals surface area contributed by atoms with Crippen molar-refractivity contribution in [2.24, 2.45) is 0 Å². The van der Waals surface area contributed by atoms with Crippen molar-refractivity contribution in [2.75, 3.05) is 0 Å². The minimum absolute atomic E-state index is 0.486. The molecule has 224 valence electrons. The Bertz CT molecular complexity index is 2630. The molecule has 2 heterocycles. The van der Waals surface area contributed by atoms with E-state index in [1.54, 1.807) is 0 Å². The number of hydrogen-bond acceptors (Lipinski definition) is 3. The van der Waals surface area contributed by atoms with Crippen LogP contribution in [-0.4, -0.2) is 9.97 Å². The van der Waals surface area contributed by atoms with Gasteiger partial charge in [0.1, 0.15) is 0 Å². The van der Waals surface area contributed by atoms with Gasteiger partial charge in [-0.3, -0.25) is 0 Å². The summed E-state index contributed by atoms with van der Waals surface area (Å²) in [7, 11) is 0. The van der Waals surface area contributed by atoms with Gasteiger partial charge in [-0.1, -0.05) is 140 Å².